The van der Waals surface area contributed by atoms with Crippen molar-refractivity contribution in [3.63, 3.8) is 0 Å². The largest absolute Gasteiger partial charge is 0.489 e. The Hall–Kier alpha value is -1.58. The average molecular weight is 481 g/mol. The van der Waals surface area contributed by atoms with Crippen LogP contribution in [-0.4, -0.2) is 14.7 Å². The van der Waals surface area contributed by atoms with E-state index in [9.17, 15) is 0 Å². The predicted molar refractivity (Wildman–Crippen MR) is 151 cm³/mol. The van der Waals surface area contributed by atoms with Crippen LogP contribution in [0.15, 0.2) is 36.4 Å². The van der Waals surface area contributed by atoms with E-state index in [1.807, 2.05) is 17.4 Å². The highest BCUT2D eigenvalue weighted by atomic mass is 32.1. The molecule has 33 heavy (non-hydrogen) atoms. The van der Waals surface area contributed by atoms with E-state index in [4.69, 9.17) is 4.74 Å². The fourth-order valence-electron chi connectivity index (χ4n) is 5.50. The number of allylic oxidation sites excluding steroid dienone is 1. The molecule has 1 atom stereocenters. The van der Waals surface area contributed by atoms with Gasteiger partial charge in [-0.2, -0.15) is 0 Å². The van der Waals surface area contributed by atoms with Crippen molar-refractivity contribution in [2.24, 2.45) is 0 Å². The summed E-state index contributed by atoms with van der Waals surface area (Å²) in [6.07, 6.45) is 14.2. The van der Waals surface area contributed by atoms with E-state index in [-0.39, 0.29) is 0 Å². The minimum atomic E-state index is -1.92. The van der Waals surface area contributed by atoms with E-state index in [0.717, 1.165) is 6.42 Å². The molecule has 0 radical (unpaired) electrons. The molecule has 0 saturated carbocycles. The number of unbranched alkanes of at least 4 members (excludes halogenated alkanes) is 4. The zero-order valence-electron chi connectivity index (χ0n) is 21.9. The number of fused-ring (bicyclic) bond motifs is 1. The van der Waals surface area contributed by atoms with Gasteiger partial charge >= 0.3 is 0 Å². The maximum absolute atomic E-state index is 6.50. The summed E-state index contributed by atoms with van der Waals surface area (Å²) in [5, 5.41) is 1.52. The highest BCUT2D eigenvalue weighted by Crippen LogP contribution is 2.47. The lowest BCUT2D eigenvalue weighted by Crippen LogP contribution is -2.48. The Bertz CT molecular complexity index is 981. The van der Waals surface area contributed by atoms with E-state index in [1.165, 1.54) is 83.0 Å². The molecule has 3 rings (SSSR count). The van der Waals surface area contributed by atoms with Gasteiger partial charge in [-0.15, -0.1) is 11.3 Å². The number of ether oxygens (including phenoxy) is 1. The molecule has 1 aliphatic carbocycles. The van der Waals surface area contributed by atoms with Crippen LogP contribution in [0.2, 0.25) is 13.1 Å². The molecule has 0 spiro atoms. The average Bonchev–Trinajstić information content (AvgIpc) is 3.26. The Balaban J connectivity index is 2.11. The Morgan fingerprint density at radius 3 is 2.36 bits per heavy atom. The third kappa shape index (κ3) is 5.92. The maximum Gasteiger partial charge on any atom is 0.122 e. The summed E-state index contributed by atoms with van der Waals surface area (Å²) < 4.78 is 6.50. The molecule has 0 N–H and O–H groups in total. The van der Waals surface area contributed by atoms with Gasteiger partial charge in [0.1, 0.15) is 12.4 Å². The standard InChI is InChI=1S/C30H44OSSi/c1-8-11-13-15-24-20-25(16-14-12-9-2)28(31-17-10-3)27(21-24)33(6,7)30-22(4)18-26-19-23(5)32-29(26)30/h10,18-21,30H,3,8-9,11-17H2,1-2,4-7H3. The summed E-state index contributed by atoms with van der Waals surface area (Å²) >= 11 is 2.00. The van der Waals surface area contributed by atoms with Crippen molar-refractivity contribution in [1.82, 2.24) is 0 Å². The van der Waals surface area contributed by atoms with Crippen molar-refractivity contribution in [1.29, 1.82) is 0 Å². The molecule has 2 aromatic rings. The van der Waals surface area contributed by atoms with Crippen LogP contribution in [-0.2, 0) is 12.8 Å². The van der Waals surface area contributed by atoms with Crippen LogP contribution in [0.1, 0.15) is 91.3 Å². The molecule has 1 aromatic heterocycles. The Labute approximate surface area is 208 Å². The molecule has 0 aliphatic heterocycles. The lowest BCUT2D eigenvalue weighted by atomic mass is 10.00. The second kappa shape index (κ2) is 11.7. The Morgan fingerprint density at radius 1 is 1.00 bits per heavy atom. The molecular formula is C30H44OSSi. The summed E-state index contributed by atoms with van der Waals surface area (Å²) in [5.74, 6) is 1.18. The molecule has 3 heteroatoms. The summed E-state index contributed by atoms with van der Waals surface area (Å²) in [6.45, 7) is 18.8. The second-order valence-electron chi connectivity index (χ2n) is 10.4. The molecule has 1 nitrogen and oxygen atoms in total. The highest BCUT2D eigenvalue weighted by Gasteiger charge is 2.42. The van der Waals surface area contributed by atoms with Gasteiger partial charge in [0.15, 0.2) is 0 Å². The highest BCUT2D eigenvalue weighted by molar-refractivity contribution is 7.13. The van der Waals surface area contributed by atoms with Crippen LogP contribution in [0, 0.1) is 6.92 Å². The molecule has 1 aromatic carbocycles. The van der Waals surface area contributed by atoms with Crippen molar-refractivity contribution in [2.75, 3.05) is 6.61 Å². The van der Waals surface area contributed by atoms with Gasteiger partial charge in [0.2, 0.25) is 0 Å². The van der Waals surface area contributed by atoms with E-state index in [1.54, 1.807) is 4.88 Å². The quantitative estimate of drug-likeness (QED) is 0.158. The van der Waals surface area contributed by atoms with Gasteiger partial charge in [0.25, 0.3) is 0 Å². The van der Waals surface area contributed by atoms with E-state index >= 15 is 0 Å². The summed E-state index contributed by atoms with van der Waals surface area (Å²) in [6, 6.07) is 7.38. The summed E-state index contributed by atoms with van der Waals surface area (Å²) in [7, 11) is -1.92. The second-order valence-corrected chi connectivity index (χ2v) is 16.2. The van der Waals surface area contributed by atoms with E-state index in [2.05, 4.69) is 71.6 Å². The molecule has 0 bridgehead atoms. The molecular weight excluding hydrogens is 436 g/mol. The summed E-state index contributed by atoms with van der Waals surface area (Å²) in [4.78, 5) is 3.01. The van der Waals surface area contributed by atoms with Crippen molar-refractivity contribution in [3.8, 4) is 5.75 Å². The first kappa shape index (κ1) is 26.0. The van der Waals surface area contributed by atoms with Gasteiger partial charge in [-0.25, -0.2) is 0 Å². The first-order chi connectivity index (χ1) is 15.8. The smallest absolute Gasteiger partial charge is 0.122 e. The van der Waals surface area contributed by atoms with Crippen molar-refractivity contribution in [2.45, 2.75) is 97.7 Å². The number of benzene rings is 1. The number of aryl methyl sites for hydroxylation is 3. The predicted octanol–water partition coefficient (Wildman–Crippen LogP) is 8.74. The maximum atomic E-state index is 6.50. The minimum absolute atomic E-state index is 0.534. The molecule has 1 heterocycles. The van der Waals surface area contributed by atoms with Gasteiger partial charge < -0.3 is 4.74 Å². The van der Waals surface area contributed by atoms with Crippen molar-refractivity contribution in [3.05, 3.63) is 62.9 Å². The lowest BCUT2D eigenvalue weighted by Gasteiger charge is -2.34. The van der Waals surface area contributed by atoms with Crippen molar-refractivity contribution < 1.29 is 4.74 Å². The van der Waals surface area contributed by atoms with Crippen LogP contribution in [0.5, 0.6) is 5.75 Å². The zero-order chi connectivity index (χ0) is 24.0. The van der Waals surface area contributed by atoms with E-state index < -0.39 is 8.07 Å². The molecule has 180 valence electrons. The van der Waals surface area contributed by atoms with Crippen LogP contribution < -0.4 is 9.92 Å². The topological polar surface area (TPSA) is 9.23 Å². The fourth-order valence-corrected chi connectivity index (χ4v) is 11.4. The first-order valence-electron chi connectivity index (χ1n) is 13.0. The number of hydrogen-bond donors (Lipinski definition) is 0. The van der Waals surface area contributed by atoms with Crippen LogP contribution in [0.4, 0.5) is 0 Å². The normalized spacial score (nSPS) is 15.5. The fraction of sp³-hybridized carbons (Fsp3) is 0.533. The minimum Gasteiger partial charge on any atom is -0.489 e. The van der Waals surface area contributed by atoms with Gasteiger partial charge in [-0.1, -0.05) is 89.1 Å². The van der Waals surface area contributed by atoms with Gasteiger partial charge in [0.05, 0.1) is 8.07 Å². The lowest BCUT2D eigenvalue weighted by molar-refractivity contribution is 0.361. The van der Waals surface area contributed by atoms with E-state index in [0.29, 0.717) is 12.1 Å². The third-order valence-corrected chi connectivity index (χ3v) is 12.4. The van der Waals surface area contributed by atoms with Gasteiger partial charge in [-0.05, 0) is 67.5 Å². The summed E-state index contributed by atoms with van der Waals surface area (Å²) in [5.41, 5.74) is 6.46. The van der Waals surface area contributed by atoms with Crippen LogP contribution >= 0.6 is 11.3 Å². The monoisotopic (exact) mass is 480 g/mol. The molecule has 0 fully saturated rings. The Morgan fingerprint density at radius 2 is 1.70 bits per heavy atom. The molecule has 0 amide bonds. The molecule has 1 aliphatic rings. The number of hydrogen-bond acceptors (Lipinski definition) is 2. The molecule has 0 saturated heterocycles. The third-order valence-electron chi connectivity index (χ3n) is 7.12. The molecule has 1 unspecified atom stereocenters. The number of thiophene rings is 1. The zero-order valence-corrected chi connectivity index (χ0v) is 23.7. The van der Waals surface area contributed by atoms with Crippen LogP contribution in [0.3, 0.4) is 0 Å². The Kier molecular flexibility index (Phi) is 9.23. The van der Waals surface area contributed by atoms with Gasteiger partial charge in [-0.3, -0.25) is 0 Å². The van der Waals surface area contributed by atoms with Gasteiger partial charge in [0, 0.05) is 15.3 Å². The first-order valence-corrected chi connectivity index (χ1v) is 16.9. The van der Waals surface area contributed by atoms with Crippen LogP contribution in [0.25, 0.3) is 6.08 Å². The number of rotatable bonds is 13. The van der Waals surface area contributed by atoms with Crippen molar-refractivity contribution >= 4 is 30.7 Å². The SMILES string of the molecule is C=CCOc1c(CCCCC)cc(CCCCC)cc1[Si](C)(C)C1C(C)=Cc2cc(C)sc21.